The predicted molar refractivity (Wildman–Crippen MR) is 99.5 cm³/mol. The van der Waals surface area contributed by atoms with Gasteiger partial charge < -0.3 is 10.2 Å². The van der Waals surface area contributed by atoms with Gasteiger partial charge in [0.25, 0.3) is 5.92 Å². The number of nitrogens with zero attached hydrogens (tertiary/aromatic N) is 3. The summed E-state index contributed by atoms with van der Waals surface area (Å²) in [5.41, 5.74) is 2.18. The molecule has 2 unspecified atom stereocenters. The first-order valence-electron chi connectivity index (χ1n) is 9.09. The zero-order valence-electron chi connectivity index (χ0n) is 14.9. The zero-order valence-corrected chi connectivity index (χ0v) is 14.9. The van der Waals surface area contributed by atoms with Crippen molar-refractivity contribution in [3.63, 3.8) is 0 Å². The van der Waals surface area contributed by atoms with E-state index in [0.29, 0.717) is 23.6 Å². The van der Waals surface area contributed by atoms with Crippen LogP contribution >= 0.6 is 0 Å². The summed E-state index contributed by atoms with van der Waals surface area (Å²) in [6.45, 7) is 6.44. The number of carbonyl (C=O) groups is 1. The number of benzene rings is 1. The molecule has 1 aromatic carbocycles. The Labute approximate surface area is 156 Å². The summed E-state index contributed by atoms with van der Waals surface area (Å²) in [6.07, 6.45) is 2.48. The molecule has 5 nitrogen and oxygen atoms in total. The van der Waals surface area contributed by atoms with Crippen molar-refractivity contribution in [2.45, 2.75) is 24.8 Å². The van der Waals surface area contributed by atoms with Crippen LogP contribution in [-0.2, 0) is 11.3 Å². The average molecular weight is 372 g/mol. The summed E-state index contributed by atoms with van der Waals surface area (Å²) >= 11 is 0. The Morgan fingerprint density at radius 3 is 2.70 bits per heavy atom. The minimum absolute atomic E-state index is 0.0529. The van der Waals surface area contributed by atoms with E-state index >= 15 is 0 Å². The lowest BCUT2D eigenvalue weighted by atomic mass is 10.0. The third kappa shape index (κ3) is 3.64. The van der Waals surface area contributed by atoms with Gasteiger partial charge in [0, 0.05) is 50.3 Å². The maximum atomic E-state index is 13.3. The first-order valence-corrected chi connectivity index (χ1v) is 9.09. The lowest BCUT2D eigenvalue weighted by molar-refractivity contribution is -0.104. The first-order chi connectivity index (χ1) is 13.0. The molecule has 1 fully saturated rings. The van der Waals surface area contributed by atoms with E-state index in [0.717, 1.165) is 37.4 Å². The second-order valence-corrected chi connectivity index (χ2v) is 7.36. The fourth-order valence-electron chi connectivity index (χ4n) is 3.66. The highest BCUT2D eigenvalue weighted by atomic mass is 19.3. The number of anilines is 2. The Hall–Kier alpha value is -2.54. The molecule has 7 heteroatoms. The second-order valence-electron chi connectivity index (χ2n) is 7.36. The molecule has 2 atom stereocenters. The van der Waals surface area contributed by atoms with Gasteiger partial charge in [0.1, 0.15) is 12.1 Å². The van der Waals surface area contributed by atoms with Crippen molar-refractivity contribution >= 4 is 17.8 Å². The minimum Gasteiger partial charge on any atom is -0.326 e. The fourth-order valence-corrected chi connectivity index (χ4v) is 3.66. The molecule has 1 aromatic heterocycles. The van der Waals surface area contributed by atoms with Crippen LogP contribution < -0.4 is 10.2 Å². The van der Waals surface area contributed by atoms with Crippen LogP contribution in [0.4, 0.5) is 20.3 Å². The molecular formula is C20H22F2N4O. The normalized spacial score (nSPS) is 23.0. The molecule has 142 valence electrons. The molecular weight excluding hydrogens is 350 g/mol. The van der Waals surface area contributed by atoms with E-state index in [9.17, 15) is 13.6 Å². The number of nitrogens with one attached hydrogen (secondary N) is 1. The van der Waals surface area contributed by atoms with E-state index in [1.165, 1.54) is 0 Å². The van der Waals surface area contributed by atoms with E-state index in [1.54, 1.807) is 18.3 Å². The van der Waals surface area contributed by atoms with Gasteiger partial charge >= 0.3 is 0 Å². The third-order valence-corrected chi connectivity index (χ3v) is 5.23. The van der Waals surface area contributed by atoms with Crippen LogP contribution in [0.5, 0.6) is 0 Å². The highest BCUT2D eigenvalue weighted by Crippen LogP contribution is 2.55. The van der Waals surface area contributed by atoms with Gasteiger partial charge in [-0.15, -0.1) is 0 Å². The highest BCUT2D eigenvalue weighted by Gasteiger charge is 2.57. The number of aromatic nitrogens is 2. The molecule has 0 bridgehead atoms. The molecule has 0 saturated heterocycles. The summed E-state index contributed by atoms with van der Waals surface area (Å²) < 4.78 is 28.5. The van der Waals surface area contributed by atoms with Crippen LogP contribution in [0.3, 0.4) is 0 Å². The Morgan fingerprint density at radius 1 is 1.30 bits per heavy atom. The topological polar surface area (TPSA) is 50.2 Å². The average Bonchev–Trinajstić information content (AvgIpc) is 3.07. The van der Waals surface area contributed by atoms with Crippen LogP contribution in [0.25, 0.3) is 0 Å². The van der Waals surface area contributed by atoms with E-state index in [-0.39, 0.29) is 6.42 Å². The van der Waals surface area contributed by atoms with E-state index in [4.69, 9.17) is 0 Å². The first kappa shape index (κ1) is 17.9. The number of halogens is 2. The van der Waals surface area contributed by atoms with Crippen molar-refractivity contribution in [3.8, 4) is 0 Å². The summed E-state index contributed by atoms with van der Waals surface area (Å²) in [4.78, 5) is 12.8. The highest BCUT2D eigenvalue weighted by molar-refractivity contribution is 5.72. The van der Waals surface area contributed by atoms with Crippen molar-refractivity contribution in [1.82, 2.24) is 15.1 Å². The Balaban J connectivity index is 1.48. The standard InChI is InChI=1S/C20H22F2N4O/c1-14(13-27)9-23-10-15-11-25(19-6-7-24-26(19)12-15)17-4-2-16(3-5-17)18-8-20(18,21)22/h2-7,13,15,18,23H,1,8-12H2. The lowest BCUT2D eigenvalue weighted by Crippen LogP contribution is -2.40. The van der Waals surface area contributed by atoms with Gasteiger partial charge in [-0.1, -0.05) is 18.7 Å². The molecule has 4 rings (SSSR count). The number of fused-ring (bicyclic) bond motifs is 1. The van der Waals surface area contributed by atoms with E-state index in [2.05, 4.69) is 21.9 Å². The second kappa shape index (κ2) is 6.88. The molecule has 2 aromatic rings. The van der Waals surface area contributed by atoms with Crippen LogP contribution in [0.2, 0.25) is 0 Å². The number of aldehydes is 1. The number of carbonyl (C=O) groups excluding carboxylic acids is 1. The van der Waals surface area contributed by atoms with Gasteiger partial charge in [0.05, 0.1) is 12.1 Å². The van der Waals surface area contributed by atoms with Crippen LogP contribution in [0, 0.1) is 5.92 Å². The van der Waals surface area contributed by atoms with Gasteiger partial charge in [-0.25, -0.2) is 13.5 Å². The van der Waals surface area contributed by atoms with E-state index < -0.39 is 11.8 Å². The van der Waals surface area contributed by atoms with Crippen LogP contribution in [-0.4, -0.2) is 41.6 Å². The number of rotatable bonds is 7. The Morgan fingerprint density at radius 2 is 2.04 bits per heavy atom. The Bertz CT molecular complexity index is 846. The third-order valence-electron chi connectivity index (χ3n) is 5.23. The van der Waals surface area contributed by atoms with Gasteiger partial charge in [-0.2, -0.15) is 5.10 Å². The molecule has 1 N–H and O–H groups in total. The number of hydrogen-bond acceptors (Lipinski definition) is 4. The van der Waals surface area contributed by atoms with Gasteiger partial charge in [-0.05, 0) is 23.3 Å². The Kier molecular flexibility index (Phi) is 4.55. The quantitative estimate of drug-likeness (QED) is 0.599. The predicted octanol–water partition coefficient (Wildman–Crippen LogP) is 3.12. The van der Waals surface area contributed by atoms with Crippen molar-refractivity contribution in [3.05, 3.63) is 54.2 Å². The van der Waals surface area contributed by atoms with Crippen molar-refractivity contribution in [2.75, 3.05) is 24.5 Å². The molecule has 0 spiro atoms. The molecule has 27 heavy (non-hydrogen) atoms. The fraction of sp³-hybridized carbons (Fsp3) is 0.400. The molecule has 2 heterocycles. The molecule has 0 amide bonds. The monoisotopic (exact) mass is 372 g/mol. The molecule has 2 aliphatic rings. The zero-order chi connectivity index (χ0) is 19.0. The van der Waals surface area contributed by atoms with Crippen molar-refractivity contribution < 1.29 is 13.6 Å². The van der Waals surface area contributed by atoms with Gasteiger partial charge in [-0.3, -0.25) is 4.79 Å². The lowest BCUT2D eigenvalue weighted by Gasteiger charge is -2.35. The largest absolute Gasteiger partial charge is 0.326 e. The summed E-state index contributed by atoms with van der Waals surface area (Å²) in [6, 6.07) is 9.38. The van der Waals surface area contributed by atoms with Crippen LogP contribution in [0.1, 0.15) is 17.9 Å². The van der Waals surface area contributed by atoms with Crippen LogP contribution in [0.15, 0.2) is 48.7 Å². The molecule has 0 radical (unpaired) electrons. The smallest absolute Gasteiger partial charge is 0.255 e. The SMILES string of the molecule is C=C(C=O)CNCC1CN(c2ccc(C3CC3(F)F)cc2)c2ccnn2C1. The van der Waals surface area contributed by atoms with Crippen molar-refractivity contribution in [1.29, 1.82) is 0 Å². The maximum absolute atomic E-state index is 13.3. The minimum atomic E-state index is -2.55. The molecule has 1 aliphatic heterocycles. The molecule has 1 aliphatic carbocycles. The van der Waals surface area contributed by atoms with Gasteiger partial charge in [0.15, 0.2) is 0 Å². The number of alkyl halides is 2. The summed E-state index contributed by atoms with van der Waals surface area (Å²) in [5, 5.41) is 7.65. The summed E-state index contributed by atoms with van der Waals surface area (Å²) in [7, 11) is 0. The summed E-state index contributed by atoms with van der Waals surface area (Å²) in [5.74, 6) is -1.90. The van der Waals surface area contributed by atoms with E-state index in [1.807, 2.05) is 22.9 Å². The van der Waals surface area contributed by atoms with Gasteiger partial charge in [0.2, 0.25) is 0 Å². The number of hydrogen-bond donors (Lipinski definition) is 1. The van der Waals surface area contributed by atoms with Crippen molar-refractivity contribution in [2.24, 2.45) is 5.92 Å². The maximum Gasteiger partial charge on any atom is 0.255 e. The molecule has 1 saturated carbocycles.